The number of benzene rings is 1. The van der Waals surface area contributed by atoms with Gasteiger partial charge >= 0.3 is 0 Å². The van der Waals surface area contributed by atoms with Gasteiger partial charge in [-0.25, -0.2) is 0 Å². The van der Waals surface area contributed by atoms with E-state index in [2.05, 4.69) is 31.4 Å². The molecule has 1 aromatic carbocycles. The molecule has 78 valence electrons. The minimum atomic E-state index is 0.535. The summed E-state index contributed by atoms with van der Waals surface area (Å²) in [5.74, 6) is 1.12. The van der Waals surface area contributed by atoms with Crippen LogP contribution in [0.1, 0.15) is 5.89 Å². The predicted molar refractivity (Wildman–Crippen MR) is 60.2 cm³/mol. The summed E-state index contributed by atoms with van der Waals surface area (Å²) in [6.07, 6.45) is 0. The minimum Gasteiger partial charge on any atom is -0.419 e. The van der Waals surface area contributed by atoms with Crippen LogP contribution in [0, 0.1) is 0 Å². The van der Waals surface area contributed by atoms with Gasteiger partial charge in [-0.05, 0) is 35.1 Å². The molecule has 0 fully saturated rings. The lowest BCUT2D eigenvalue weighted by molar-refractivity contribution is 0.490. The van der Waals surface area contributed by atoms with Gasteiger partial charge in [0.15, 0.2) is 0 Å². The van der Waals surface area contributed by atoms with Crippen molar-refractivity contribution in [1.82, 2.24) is 15.5 Å². The Balaban J connectivity index is 2.33. The summed E-state index contributed by atoms with van der Waals surface area (Å²) in [5, 5.41) is 10.9. The molecule has 0 saturated carbocycles. The lowest BCUT2D eigenvalue weighted by Gasteiger charge is -1.97. The molecule has 2 aromatic rings. The molecule has 15 heavy (non-hydrogen) atoms. The second kappa shape index (κ2) is 4.55. The molecule has 1 aromatic heterocycles. The summed E-state index contributed by atoms with van der Waals surface area (Å²) in [5.41, 5.74) is 0.910. The van der Waals surface area contributed by atoms with Crippen molar-refractivity contribution in [2.24, 2.45) is 0 Å². The van der Waals surface area contributed by atoms with E-state index in [1.807, 2.05) is 31.3 Å². The zero-order chi connectivity index (χ0) is 10.7. The van der Waals surface area contributed by atoms with E-state index in [4.69, 9.17) is 4.42 Å². The van der Waals surface area contributed by atoms with E-state index in [0.29, 0.717) is 18.3 Å². The molecule has 0 amide bonds. The first-order chi connectivity index (χ1) is 7.31. The van der Waals surface area contributed by atoms with Crippen LogP contribution in [0.15, 0.2) is 33.2 Å². The summed E-state index contributed by atoms with van der Waals surface area (Å²) >= 11 is 3.44. The molecule has 0 radical (unpaired) electrons. The van der Waals surface area contributed by atoms with E-state index in [9.17, 15) is 0 Å². The Kier molecular flexibility index (Phi) is 3.13. The third kappa shape index (κ3) is 2.24. The van der Waals surface area contributed by atoms with Gasteiger partial charge < -0.3 is 9.73 Å². The average Bonchev–Trinajstić information content (AvgIpc) is 2.68. The normalized spacial score (nSPS) is 10.5. The monoisotopic (exact) mass is 267 g/mol. The highest BCUT2D eigenvalue weighted by Crippen LogP contribution is 2.26. The van der Waals surface area contributed by atoms with Crippen LogP contribution in [0.4, 0.5) is 0 Å². The topological polar surface area (TPSA) is 51.0 Å². The van der Waals surface area contributed by atoms with Gasteiger partial charge in [0, 0.05) is 4.47 Å². The van der Waals surface area contributed by atoms with Crippen molar-refractivity contribution in [1.29, 1.82) is 0 Å². The maximum absolute atomic E-state index is 5.48. The minimum absolute atomic E-state index is 0.535. The van der Waals surface area contributed by atoms with E-state index in [0.717, 1.165) is 10.0 Å². The Bertz CT molecular complexity index is 455. The largest absolute Gasteiger partial charge is 0.419 e. The lowest BCUT2D eigenvalue weighted by atomic mass is 10.2. The zero-order valence-electron chi connectivity index (χ0n) is 8.20. The maximum atomic E-state index is 5.48. The van der Waals surface area contributed by atoms with Gasteiger partial charge in [-0.15, -0.1) is 10.2 Å². The smallest absolute Gasteiger partial charge is 0.248 e. The van der Waals surface area contributed by atoms with Crippen LogP contribution in [-0.4, -0.2) is 17.2 Å². The molecule has 0 atom stereocenters. The summed E-state index contributed by atoms with van der Waals surface area (Å²) in [6, 6.07) is 7.75. The molecule has 0 saturated heterocycles. The highest BCUT2D eigenvalue weighted by molar-refractivity contribution is 9.10. The molecule has 0 unspecified atom stereocenters. The Labute approximate surface area is 95.8 Å². The Morgan fingerprint density at radius 3 is 2.87 bits per heavy atom. The van der Waals surface area contributed by atoms with Crippen LogP contribution in [0.5, 0.6) is 0 Å². The summed E-state index contributed by atoms with van der Waals surface area (Å²) in [4.78, 5) is 0. The van der Waals surface area contributed by atoms with Crippen molar-refractivity contribution in [2.75, 3.05) is 7.05 Å². The van der Waals surface area contributed by atoms with Gasteiger partial charge in [-0.3, -0.25) is 0 Å². The number of rotatable bonds is 3. The van der Waals surface area contributed by atoms with Gasteiger partial charge in [0.1, 0.15) is 0 Å². The van der Waals surface area contributed by atoms with E-state index < -0.39 is 0 Å². The standard InChI is InChI=1S/C10H10BrN3O/c1-12-6-9-13-14-10(15-9)7-4-2-3-5-8(7)11/h2-5,12H,6H2,1H3. The van der Waals surface area contributed by atoms with Gasteiger partial charge in [0.05, 0.1) is 12.1 Å². The summed E-state index contributed by atoms with van der Waals surface area (Å²) in [7, 11) is 1.84. The van der Waals surface area contributed by atoms with Gasteiger partial charge in [-0.1, -0.05) is 12.1 Å². The molecule has 1 heterocycles. The Morgan fingerprint density at radius 2 is 2.13 bits per heavy atom. The van der Waals surface area contributed by atoms with Crippen LogP contribution >= 0.6 is 15.9 Å². The molecule has 0 spiro atoms. The van der Waals surface area contributed by atoms with Crippen molar-refractivity contribution in [2.45, 2.75) is 6.54 Å². The number of nitrogens with zero attached hydrogens (tertiary/aromatic N) is 2. The molecule has 0 aliphatic rings. The summed E-state index contributed by atoms with van der Waals surface area (Å²) in [6.45, 7) is 0.581. The highest BCUT2D eigenvalue weighted by Gasteiger charge is 2.09. The van der Waals surface area contributed by atoms with Crippen LogP contribution < -0.4 is 5.32 Å². The zero-order valence-corrected chi connectivity index (χ0v) is 9.78. The predicted octanol–water partition coefficient (Wildman–Crippen LogP) is 2.22. The van der Waals surface area contributed by atoms with Gasteiger partial charge in [0.25, 0.3) is 0 Å². The third-order valence-electron chi connectivity index (χ3n) is 1.90. The lowest BCUT2D eigenvalue weighted by Crippen LogP contribution is -2.04. The molecule has 1 N–H and O–H groups in total. The molecular formula is C10H10BrN3O. The van der Waals surface area contributed by atoms with E-state index in [1.54, 1.807) is 0 Å². The number of hydrogen-bond donors (Lipinski definition) is 1. The van der Waals surface area contributed by atoms with Crippen molar-refractivity contribution in [3.8, 4) is 11.5 Å². The molecule has 0 aliphatic heterocycles. The Hall–Kier alpha value is -1.20. The fourth-order valence-corrected chi connectivity index (χ4v) is 1.67. The van der Waals surface area contributed by atoms with E-state index in [-0.39, 0.29) is 0 Å². The van der Waals surface area contributed by atoms with Crippen molar-refractivity contribution < 1.29 is 4.42 Å². The van der Waals surface area contributed by atoms with Crippen LogP contribution in [-0.2, 0) is 6.54 Å². The fraction of sp³-hybridized carbons (Fsp3) is 0.200. The molecule has 4 nitrogen and oxygen atoms in total. The van der Waals surface area contributed by atoms with Crippen LogP contribution in [0.25, 0.3) is 11.5 Å². The first-order valence-corrected chi connectivity index (χ1v) is 5.32. The number of nitrogens with one attached hydrogen (secondary N) is 1. The third-order valence-corrected chi connectivity index (χ3v) is 2.59. The first-order valence-electron chi connectivity index (χ1n) is 4.53. The highest BCUT2D eigenvalue weighted by atomic mass is 79.9. The molecular weight excluding hydrogens is 258 g/mol. The molecule has 2 rings (SSSR count). The van der Waals surface area contributed by atoms with Crippen LogP contribution in [0.3, 0.4) is 0 Å². The van der Waals surface area contributed by atoms with Gasteiger partial charge in [0.2, 0.25) is 11.8 Å². The van der Waals surface area contributed by atoms with Crippen molar-refractivity contribution >= 4 is 15.9 Å². The van der Waals surface area contributed by atoms with E-state index >= 15 is 0 Å². The van der Waals surface area contributed by atoms with Gasteiger partial charge in [-0.2, -0.15) is 0 Å². The molecule has 5 heteroatoms. The molecule has 0 aliphatic carbocycles. The molecule has 0 bridgehead atoms. The van der Waals surface area contributed by atoms with Crippen molar-refractivity contribution in [3.63, 3.8) is 0 Å². The number of aromatic nitrogens is 2. The van der Waals surface area contributed by atoms with E-state index in [1.165, 1.54) is 0 Å². The van der Waals surface area contributed by atoms with Crippen LogP contribution in [0.2, 0.25) is 0 Å². The Morgan fingerprint density at radius 1 is 1.33 bits per heavy atom. The first kappa shape index (κ1) is 10.3. The quantitative estimate of drug-likeness (QED) is 0.927. The number of hydrogen-bond acceptors (Lipinski definition) is 4. The SMILES string of the molecule is CNCc1nnc(-c2ccccc2Br)o1. The number of halogens is 1. The second-order valence-electron chi connectivity index (χ2n) is 3.01. The van der Waals surface area contributed by atoms with Crippen molar-refractivity contribution in [3.05, 3.63) is 34.6 Å². The maximum Gasteiger partial charge on any atom is 0.248 e. The fourth-order valence-electron chi connectivity index (χ4n) is 1.22. The summed E-state index contributed by atoms with van der Waals surface area (Å²) < 4.78 is 6.42. The second-order valence-corrected chi connectivity index (χ2v) is 3.87. The average molecular weight is 268 g/mol.